The van der Waals surface area contributed by atoms with Crippen LogP contribution >= 0.6 is 23.2 Å². The smallest absolute Gasteiger partial charge is 0.505 e. The summed E-state index contributed by atoms with van der Waals surface area (Å²) in [6.07, 6.45) is -3.37. The molecule has 0 unspecified atom stereocenters. The Hall–Kier alpha value is -2.78. The van der Waals surface area contributed by atoms with Crippen molar-refractivity contribution < 1.29 is 27.8 Å². The molecule has 146 valence electrons. The predicted octanol–water partition coefficient (Wildman–Crippen LogP) is 5.03. The summed E-state index contributed by atoms with van der Waals surface area (Å²) in [4.78, 5) is 4.00. The summed E-state index contributed by atoms with van der Waals surface area (Å²) in [6, 6.07) is 8.07. The largest absolute Gasteiger partial charge is 0.573 e. The van der Waals surface area contributed by atoms with E-state index in [1.165, 1.54) is 42.6 Å². The van der Waals surface area contributed by atoms with Crippen LogP contribution in [0, 0.1) is 0 Å². The van der Waals surface area contributed by atoms with Gasteiger partial charge < -0.3 is 14.6 Å². The van der Waals surface area contributed by atoms with E-state index in [9.17, 15) is 18.3 Å². The molecular weight excluding hydrogens is 422 g/mol. The lowest BCUT2D eigenvalue weighted by atomic mass is 10.1. The Kier molecular flexibility index (Phi) is 5.76. The zero-order chi connectivity index (χ0) is 20.3. The first kappa shape index (κ1) is 20.0. The number of benzene rings is 2. The monoisotopic (exact) mass is 431 g/mol. The molecule has 28 heavy (non-hydrogen) atoms. The molecule has 0 aliphatic carbocycles. The van der Waals surface area contributed by atoms with Crippen molar-refractivity contribution in [3.8, 4) is 28.8 Å². The molecule has 0 amide bonds. The first-order chi connectivity index (χ1) is 13.2. The Morgan fingerprint density at radius 2 is 1.64 bits per heavy atom. The Morgan fingerprint density at radius 3 is 2.18 bits per heavy atom. The zero-order valence-electron chi connectivity index (χ0n) is 13.7. The number of hydrogen-bond donors (Lipinski definition) is 1. The molecule has 3 aromatic rings. The molecule has 0 saturated carbocycles. The van der Waals surface area contributed by atoms with E-state index in [0.717, 1.165) is 0 Å². The van der Waals surface area contributed by atoms with Crippen molar-refractivity contribution in [1.82, 2.24) is 15.2 Å². The van der Waals surface area contributed by atoms with Crippen LogP contribution in [0.5, 0.6) is 17.5 Å². The average Bonchev–Trinajstić information content (AvgIpc) is 2.64. The summed E-state index contributed by atoms with van der Waals surface area (Å²) in [7, 11) is 0. The summed E-state index contributed by atoms with van der Waals surface area (Å²) in [5.74, 6) is -0.565. The van der Waals surface area contributed by atoms with Crippen molar-refractivity contribution in [2.75, 3.05) is 0 Å². The Bertz CT molecular complexity index is 945. The highest BCUT2D eigenvalue weighted by atomic mass is 35.5. The van der Waals surface area contributed by atoms with E-state index in [-0.39, 0.29) is 34.2 Å². The quantitative estimate of drug-likeness (QED) is 0.610. The van der Waals surface area contributed by atoms with Crippen molar-refractivity contribution in [2.45, 2.75) is 13.0 Å². The molecule has 0 aliphatic heterocycles. The highest BCUT2D eigenvalue weighted by molar-refractivity contribution is 6.37. The second-order valence-electron chi connectivity index (χ2n) is 5.39. The van der Waals surface area contributed by atoms with Gasteiger partial charge in [-0.1, -0.05) is 40.4 Å². The fraction of sp³-hybridized carbons (Fsp3) is 0.118. The number of ether oxygens (including phenoxy) is 2. The molecule has 1 aromatic heterocycles. The molecule has 6 nitrogen and oxygen atoms in total. The highest BCUT2D eigenvalue weighted by Gasteiger charge is 2.30. The summed E-state index contributed by atoms with van der Waals surface area (Å²) < 4.78 is 45.5. The van der Waals surface area contributed by atoms with E-state index in [4.69, 9.17) is 27.9 Å². The standard InChI is InChI=1S/C17H10Cl2F3N3O3/c18-12-5-10(6-13(19)15(12)26)14-7-23-16(25-24-14)27-8-9-1-3-11(4-2-9)28-17(20,21)22/h1-7,26H,8H2. The Labute approximate surface area is 166 Å². The van der Waals surface area contributed by atoms with Gasteiger partial charge in [-0.3, -0.25) is 0 Å². The minimum Gasteiger partial charge on any atom is -0.505 e. The van der Waals surface area contributed by atoms with Crippen LogP contribution in [-0.4, -0.2) is 26.7 Å². The van der Waals surface area contributed by atoms with Gasteiger partial charge in [0.25, 0.3) is 0 Å². The summed E-state index contributed by atoms with van der Waals surface area (Å²) in [6.45, 7) is 0.0180. The number of phenols is 1. The van der Waals surface area contributed by atoms with Gasteiger partial charge in [-0.15, -0.1) is 18.3 Å². The first-order valence-electron chi connectivity index (χ1n) is 7.57. The number of phenolic OH excluding ortho intramolecular Hbond substituents is 1. The van der Waals surface area contributed by atoms with E-state index in [2.05, 4.69) is 19.9 Å². The molecule has 0 aliphatic rings. The maximum atomic E-state index is 12.1. The maximum Gasteiger partial charge on any atom is 0.573 e. The molecule has 2 aromatic carbocycles. The van der Waals surface area contributed by atoms with Crippen LogP contribution in [0.1, 0.15) is 5.56 Å². The van der Waals surface area contributed by atoms with Crippen LogP contribution < -0.4 is 9.47 Å². The van der Waals surface area contributed by atoms with E-state index in [1.807, 2.05) is 0 Å². The van der Waals surface area contributed by atoms with Crippen molar-refractivity contribution in [2.24, 2.45) is 0 Å². The number of aromatic nitrogens is 3. The van der Waals surface area contributed by atoms with Crippen LogP contribution in [0.15, 0.2) is 42.6 Å². The number of halogens is 5. The summed E-state index contributed by atoms with van der Waals surface area (Å²) >= 11 is 11.7. The number of alkyl halides is 3. The van der Waals surface area contributed by atoms with Crippen LogP contribution in [0.2, 0.25) is 10.0 Å². The maximum absolute atomic E-state index is 12.1. The molecule has 0 fully saturated rings. The molecule has 0 radical (unpaired) electrons. The van der Waals surface area contributed by atoms with Gasteiger partial charge in [0, 0.05) is 5.56 Å². The van der Waals surface area contributed by atoms with E-state index in [0.29, 0.717) is 16.8 Å². The van der Waals surface area contributed by atoms with Gasteiger partial charge >= 0.3 is 12.4 Å². The molecule has 11 heteroatoms. The topological polar surface area (TPSA) is 77.4 Å². The van der Waals surface area contributed by atoms with Crippen LogP contribution in [0.3, 0.4) is 0 Å². The number of hydrogen-bond acceptors (Lipinski definition) is 6. The second-order valence-corrected chi connectivity index (χ2v) is 6.21. The normalized spacial score (nSPS) is 11.3. The molecule has 0 atom stereocenters. The SMILES string of the molecule is Oc1c(Cl)cc(-c2cnc(OCc3ccc(OC(F)(F)F)cc3)nn2)cc1Cl. The second kappa shape index (κ2) is 8.07. The molecule has 0 saturated heterocycles. The van der Waals surface area contributed by atoms with E-state index in [1.54, 1.807) is 0 Å². The molecule has 0 bridgehead atoms. The lowest BCUT2D eigenvalue weighted by Gasteiger charge is -2.09. The van der Waals surface area contributed by atoms with Crippen molar-refractivity contribution >= 4 is 23.2 Å². The van der Waals surface area contributed by atoms with Gasteiger partial charge in [-0.05, 0) is 29.8 Å². The zero-order valence-corrected chi connectivity index (χ0v) is 15.3. The minimum atomic E-state index is -4.74. The molecule has 1 N–H and O–H groups in total. The van der Waals surface area contributed by atoms with Gasteiger partial charge in [0.15, 0.2) is 5.75 Å². The highest BCUT2D eigenvalue weighted by Crippen LogP contribution is 2.35. The Balaban J connectivity index is 1.63. The van der Waals surface area contributed by atoms with Crippen molar-refractivity contribution in [3.05, 3.63) is 58.2 Å². The van der Waals surface area contributed by atoms with Gasteiger partial charge in [0.2, 0.25) is 0 Å². The number of rotatable bonds is 5. The number of aromatic hydroxyl groups is 1. The molecule has 3 rings (SSSR count). The fourth-order valence-electron chi connectivity index (χ4n) is 2.11. The number of nitrogens with zero attached hydrogens (tertiary/aromatic N) is 3. The van der Waals surface area contributed by atoms with Gasteiger partial charge in [-0.25, -0.2) is 4.98 Å². The van der Waals surface area contributed by atoms with Crippen LogP contribution in [0.4, 0.5) is 13.2 Å². The molecular formula is C17H10Cl2F3N3O3. The Morgan fingerprint density at radius 1 is 1.00 bits per heavy atom. The third kappa shape index (κ3) is 5.14. The molecule has 0 spiro atoms. The van der Waals surface area contributed by atoms with Gasteiger partial charge in [0.05, 0.1) is 16.2 Å². The third-order valence-corrected chi connectivity index (χ3v) is 3.95. The first-order valence-corrected chi connectivity index (χ1v) is 8.32. The average molecular weight is 432 g/mol. The lowest BCUT2D eigenvalue weighted by molar-refractivity contribution is -0.274. The minimum absolute atomic E-state index is 0.0180. The van der Waals surface area contributed by atoms with Crippen LogP contribution in [-0.2, 0) is 6.61 Å². The summed E-state index contributed by atoms with van der Waals surface area (Å²) in [5, 5.41) is 17.4. The van der Waals surface area contributed by atoms with E-state index < -0.39 is 6.36 Å². The molecule has 1 heterocycles. The third-order valence-electron chi connectivity index (χ3n) is 3.38. The fourth-order valence-corrected chi connectivity index (χ4v) is 2.60. The van der Waals surface area contributed by atoms with Crippen molar-refractivity contribution in [3.63, 3.8) is 0 Å². The van der Waals surface area contributed by atoms with Crippen molar-refractivity contribution in [1.29, 1.82) is 0 Å². The predicted molar refractivity (Wildman–Crippen MR) is 94.4 cm³/mol. The summed E-state index contributed by atoms with van der Waals surface area (Å²) in [5.41, 5.74) is 1.43. The lowest BCUT2D eigenvalue weighted by Crippen LogP contribution is -2.17. The van der Waals surface area contributed by atoms with Crippen LogP contribution in [0.25, 0.3) is 11.3 Å². The van der Waals surface area contributed by atoms with E-state index >= 15 is 0 Å². The van der Waals surface area contributed by atoms with Gasteiger partial charge in [-0.2, -0.15) is 0 Å². The van der Waals surface area contributed by atoms with Gasteiger partial charge in [0.1, 0.15) is 18.1 Å².